The van der Waals surface area contributed by atoms with E-state index >= 15 is 0 Å². The number of nitrogens with one attached hydrogen (secondary N) is 1. The fourth-order valence-electron chi connectivity index (χ4n) is 2.26. The van der Waals surface area contributed by atoms with Crippen LogP contribution < -0.4 is 10.1 Å². The first-order chi connectivity index (χ1) is 12.0. The van der Waals surface area contributed by atoms with Crippen LogP contribution in [-0.2, 0) is 9.59 Å². The molecular weight excluding hydrogens is 316 g/mol. The normalized spacial score (nSPS) is 10.5. The lowest BCUT2D eigenvalue weighted by Gasteiger charge is -2.15. The summed E-state index contributed by atoms with van der Waals surface area (Å²) in [4.78, 5) is 25.6. The molecular formula is C20H22N2O3. The first kappa shape index (κ1) is 18.3. The Kier molecular flexibility index (Phi) is 6.34. The molecule has 5 nitrogen and oxygen atoms in total. The Morgan fingerprint density at radius 2 is 1.92 bits per heavy atom. The van der Waals surface area contributed by atoms with E-state index < -0.39 is 0 Å². The molecule has 0 aliphatic rings. The molecule has 2 amide bonds. The van der Waals surface area contributed by atoms with Crippen molar-refractivity contribution < 1.29 is 14.3 Å². The fourth-order valence-corrected chi connectivity index (χ4v) is 2.26. The van der Waals surface area contributed by atoms with Gasteiger partial charge in [0.1, 0.15) is 5.75 Å². The average molecular weight is 338 g/mol. The van der Waals surface area contributed by atoms with Gasteiger partial charge in [-0.3, -0.25) is 9.59 Å². The summed E-state index contributed by atoms with van der Waals surface area (Å²) in [5, 5.41) is 2.78. The van der Waals surface area contributed by atoms with E-state index in [1.165, 1.54) is 11.0 Å². The lowest BCUT2D eigenvalue weighted by atomic mass is 10.2. The highest BCUT2D eigenvalue weighted by molar-refractivity contribution is 5.97. The molecule has 0 unspecified atom stereocenters. The number of carbonyl (C=O) groups is 2. The Bertz CT molecular complexity index is 784. The van der Waals surface area contributed by atoms with Crippen molar-refractivity contribution in [2.75, 3.05) is 26.0 Å². The number of rotatable bonds is 6. The van der Waals surface area contributed by atoms with Gasteiger partial charge in [0.05, 0.1) is 13.7 Å². The number of likely N-dealkylation sites (N-methyl/N-ethyl adjacent to an activating group) is 1. The Morgan fingerprint density at radius 1 is 1.16 bits per heavy atom. The first-order valence-electron chi connectivity index (χ1n) is 7.91. The SMILES string of the molecule is COc1cccc(/C=C/C(=O)N(C)CC(=O)Nc2cccc(C)c2)c1. The van der Waals surface area contributed by atoms with Gasteiger partial charge in [0.2, 0.25) is 11.8 Å². The number of carbonyl (C=O) groups excluding carboxylic acids is 2. The molecule has 25 heavy (non-hydrogen) atoms. The van der Waals surface area contributed by atoms with Crippen molar-refractivity contribution in [2.45, 2.75) is 6.92 Å². The minimum Gasteiger partial charge on any atom is -0.497 e. The predicted molar refractivity (Wildman–Crippen MR) is 99.5 cm³/mol. The van der Waals surface area contributed by atoms with Gasteiger partial charge >= 0.3 is 0 Å². The van der Waals surface area contributed by atoms with Gasteiger partial charge in [-0.05, 0) is 48.4 Å². The van der Waals surface area contributed by atoms with E-state index in [2.05, 4.69) is 5.32 Å². The standard InChI is InChI=1S/C20H22N2O3/c1-15-6-4-8-17(12-15)21-19(23)14-22(2)20(24)11-10-16-7-5-9-18(13-16)25-3/h4-13H,14H2,1-3H3,(H,21,23)/b11-10+. The van der Waals surface area contributed by atoms with Gasteiger partial charge in [-0.2, -0.15) is 0 Å². The van der Waals surface area contributed by atoms with Crippen molar-refractivity contribution in [1.82, 2.24) is 4.90 Å². The molecule has 0 fully saturated rings. The zero-order valence-electron chi connectivity index (χ0n) is 14.7. The van der Waals surface area contributed by atoms with Gasteiger partial charge in [0, 0.05) is 18.8 Å². The van der Waals surface area contributed by atoms with Crippen LogP contribution in [0.4, 0.5) is 5.69 Å². The van der Waals surface area contributed by atoms with Crippen molar-refractivity contribution in [1.29, 1.82) is 0 Å². The zero-order chi connectivity index (χ0) is 18.2. The van der Waals surface area contributed by atoms with E-state index in [0.29, 0.717) is 0 Å². The number of methoxy groups -OCH3 is 1. The molecule has 0 spiro atoms. The summed E-state index contributed by atoms with van der Waals surface area (Å²) in [6, 6.07) is 14.9. The van der Waals surface area contributed by atoms with Crippen LogP contribution in [0.15, 0.2) is 54.6 Å². The summed E-state index contributed by atoms with van der Waals surface area (Å²) in [6.45, 7) is 1.93. The third-order valence-electron chi connectivity index (χ3n) is 3.57. The minimum absolute atomic E-state index is 0.0186. The largest absolute Gasteiger partial charge is 0.497 e. The van der Waals surface area contributed by atoms with Crippen LogP contribution in [0.2, 0.25) is 0 Å². The maximum Gasteiger partial charge on any atom is 0.246 e. The lowest BCUT2D eigenvalue weighted by Crippen LogP contribution is -2.33. The van der Waals surface area contributed by atoms with Gasteiger partial charge in [-0.1, -0.05) is 24.3 Å². The first-order valence-corrected chi connectivity index (χ1v) is 7.91. The molecule has 0 heterocycles. The van der Waals surface area contributed by atoms with Crippen LogP contribution in [0.1, 0.15) is 11.1 Å². The highest BCUT2D eigenvalue weighted by atomic mass is 16.5. The van der Waals surface area contributed by atoms with Crippen molar-refractivity contribution in [3.63, 3.8) is 0 Å². The molecule has 0 radical (unpaired) electrons. The van der Waals surface area contributed by atoms with E-state index in [4.69, 9.17) is 4.74 Å². The number of hydrogen-bond acceptors (Lipinski definition) is 3. The van der Waals surface area contributed by atoms with Crippen LogP contribution in [0.3, 0.4) is 0 Å². The third-order valence-corrected chi connectivity index (χ3v) is 3.57. The molecule has 1 N–H and O–H groups in total. The Labute approximate surface area is 147 Å². The molecule has 0 aliphatic carbocycles. The van der Waals surface area contributed by atoms with E-state index in [0.717, 1.165) is 22.6 Å². The van der Waals surface area contributed by atoms with Gasteiger partial charge in [-0.25, -0.2) is 0 Å². The number of aryl methyl sites for hydroxylation is 1. The summed E-state index contributed by atoms with van der Waals surface area (Å²) in [5.41, 5.74) is 2.63. The van der Waals surface area contributed by atoms with Crippen molar-refractivity contribution in [3.05, 3.63) is 65.7 Å². The summed E-state index contributed by atoms with van der Waals surface area (Å²) in [5.74, 6) is 0.235. The Morgan fingerprint density at radius 3 is 2.64 bits per heavy atom. The van der Waals surface area contributed by atoms with Crippen LogP contribution in [0.25, 0.3) is 6.08 Å². The van der Waals surface area contributed by atoms with Crippen LogP contribution in [0, 0.1) is 6.92 Å². The van der Waals surface area contributed by atoms with E-state index in [1.807, 2.05) is 55.5 Å². The molecule has 0 atom stereocenters. The topological polar surface area (TPSA) is 58.6 Å². The van der Waals surface area contributed by atoms with E-state index in [1.54, 1.807) is 20.2 Å². The number of hydrogen-bond donors (Lipinski definition) is 1. The second-order valence-corrected chi connectivity index (χ2v) is 5.72. The van der Waals surface area contributed by atoms with Gasteiger partial charge in [-0.15, -0.1) is 0 Å². The number of anilines is 1. The Balaban J connectivity index is 1.90. The molecule has 130 valence electrons. The summed E-state index contributed by atoms with van der Waals surface area (Å²) in [7, 11) is 3.18. The van der Waals surface area contributed by atoms with Crippen molar-refractivity contribution in [3.8, 4) is 5.75 Å². The number of amides is 2. The molecule has 0 aliphatic heterocycles. The van der Waals surface area contributed by atoms with Crippen molar-refractivity contribution >= 4 is 23.6 Å². The molecule has 0 bridgehead atoms. The van der Waals surface area contributed by atoms with E-state index in [9.17, 15) is 9.59 Å². The quantitative estimate of drug-likeness (QED) is 0.823. The minimum atomic E-state index is -0.248. The van der Waals surface area contributed by atoms with Crippen LogP contribution in [-0.4, -0.2) is 37.4 Å². The Hall–Kier alpha value is -3.08. The highest BCUT2D eigenvalue weighted by Gasteiger charge is 2.10. The molecule has 0 aromatic heterocycles. The average Bonchev–Trinajstić information content (AvgIpc) is 2.59. The maximum atomic E-state index is 12.1. The van der Waals surface area contributed by atoms with Gasteiger partial charge in [0.15, 0.2) is 0 Å². The highest BCUT2D eigenvalue weighted by Crippen LogP contribution is 2.14. The third kappa shape index (κ3) is 5.80. The van der Waals surface area contributed by atoms with Crippen molar-refractivity contribution in [2.24, 2.45) is 0 Å². The monoisotopic (exact) mass is 338 g/mol. The molecule has 2 rings (SSSR count). The maximum absolute atomic E-state index is 12.1. The number of benzene rings is 2. The number of nitrogens with zero attached hydrogens (tertiary/aromatic N) is 1. The predicted octanol–water partition coefficient (Wildman–Crippen LogP) is 3.11. The second-order valence-electron chi connectivity index (χ2n) is 5.72. The molecule has 0 saturated carbocycles. The fraction of sp³-hybridized carbons (Fsp3) is 0.200. The van der Waals surface area contributed by atoms with E-state index in [-0.39, 0.29) is 18.4 Å². The smallest absolute Gasteiger partial charge is 0.246 e. The summed E-state index contributed by atoms with van der Waals surface area (Å²) in [6.07, 6.45) is 3.13. The lowest BCUT2D eigenvalue weighted by molar-refractivity contribution is -0.129. The zero-order valence-corrected chi connectivity index (χ0v) is 14.7. The van der Waals surface area contributed by atoms with Crippen LogP contribution >= 0.6 is 0 Å². The van der Waals surface area contributed by atoms with Gasteiger partial charge < -0.3 is 15.0 Å². The van der Waals surface area contributed by atoms with Crippen LogP contribution in [0.5, 0.6) is 5.75 Å². The summed E-state index contributed by atoms with van der Waals surface area (Å²) < 4.78 is 5.14. The van der Waals surface area contributed by atoms with Gasteiger partial charge in [0.25, 0.3) is 0 Å². The summed E-state index contributed by atoms with van der Waals surface area (Å²) >= 11 is 0. The molecule has 0 saturated heterocycles. The molecule has 5 heteroatoms. The molecule has 2 aromatic carbocycles. The number of ether oxygens (including phenoxy) is 1. The second kappa shape index (κ2) is 8.68. The molecule has 2 aromatic rings.